The second kappa shape index (κ2) is 11.8. The summed E-state index contributed by atoms with van der Waals surface area (Å²) >= 11 is 5.76. The number of hydrogen-bond acceptors (Lipinski definition) is 4. The van der Waals surface area contributed by atoms with E-state index in [-0.39, 0.29) is 0 Å². The fourth-order valence-corrected chi connectivity index (χ4v) is 5.26. The number of nitrogens with two attached hydrogens (primary N) is 2. The molecule has 0 fully saturated rings. The number of H-pyrrole nitrogens is 2. The molecule has 6 N–H and O–H groups in total. The molecule has 0 bridgehead atoms. The normalized spacial score (nSPS) is 11.0. The van der Waals surface area contributed by atoms with Gasteiger partial charge in [0.2, 0.25) is 0 Å². The van der Waals surface area contributed by atoms with Gasteiger partial charge in [-0.25, -0.2) is 9.97 Å². The van der Waals surface area contributed by atoms with Crippen LogP contribution in [0.1, 0.15) is 18.6 Å². The monoisotopic (exact) mass is 570 g/mol. The SMILES string of the molecule is CCc1nc2c(ccc3ccccc32)[nH]1.ClCc1nc2c(ccc3ccccc32)[nH]1.Nc1ccc2ccccc2c1N. The number of halogens is 1. The average Bonchev–Trinajstić information content (AvgIpc) is 3.68. The van der Waals surface area contributed by atoms with Gasteiger partial charge in [-0.1, -0.05) is 97.9 Å². The molecule has 7 heteroatoms. The molecule has 6 nitrogen and oxygen atoms in total. The quantitative estimate of drug-likeness (QED) is 0.123. The Morgan fingerprint density at radius 2 is 1.02 bits per heavy atom. The van der Waals surface area contributed by atoms with E-state index in [4.69, 9.17) is 23.1 Å². The van der Waals surface area contributed by atoms with E-state index in [1.165, 1.54) is 21.5 Å². The van der Waals surface area contributed by atoms with Crippen LogP contribution in [0.2, 0.25) is 0 Å². The van der Waals surface area contributed by atoms with E-state index in [1.54, 1.807) is 0 Å². The molecule has 0 amide bonds. The van der Waals surface area contributed by atoms with Crippen molar-refractivity contribution in [3.05, 3.63) is 121 Å². The molecule has 0 unspecified atom stereocenters. The number of nitrogens with zero attached hydrogens (tertiary/aromatic N) is 2. The molecular formula is C35H31ClN6. The summed E-state index contributed by atoms with van der Waals surface area (Å²) in [4.78, 5) is 15.6. The molecular weight excluding hydrogens is 540 g/mol. The number of nitrogen functional groups attached to an aromatic ring is 2. The first-order valence-corrected chi connectivity index (χ1v) is 14.4. The molecule has 208 valence electrons. The number of aryl methyl sites for hydroxylation is 1. The minimum atomic E-state index is 0.420. The van der Waals surface area contributed by atoms with E-state index in [1.807, 2.05) is 54.6 Å². The van der Waals surface area contributed by atoms with Gasteiger partial charge in [0.25, 0.3) is 0 Å². The number of alkyl halides is 1. The second-order valence-corrected chi connectivity index (χ2v) is 10.3. The highest BCUT2D eigenvalue weighted by molar-refractivity contribution is 6.17. The summed E-state index contributed by atoms with van der Waals surface area (Å²) in [5, 5.41) is 7.01. The van der Waals surface area contributed by atoms with Crippen molar-refractivity contribution < 1.29 is 0 Å². The molecule has 2 heterocycles. The Morgan fingerprint density at radius 3 is 1.57 bits per heavy atom. The van der Waals surface area contributed by atoms with Crippen LogP contribution in [-0.2, 0) is 12.3 Å². The largest absolute Gasteiger partial charge is 0.397 e. The predicted octanol–water partition coefficient (Wildman–Crippen LogP) is 8.74. The van der Waals surface area contributed by atoms with E-state index in [0.717, 1.165) is 50.9 Å². The van der Waals surface area contributed by atoms with Crippen LogP contribution in [-0.4, -0.2) is 19.9 Å². The Labute approximate surface area is 248 Å². The van der Waals surface area contributed by atoms with Crippen molar-refractivity contribution >= 4 is 77.4 Å². The third-order valence-electron chi connectivity index (χ3n) is 7.32. The van der Waals surface area contributed by atoms with Gasteiger partial charge in [0, 0.05) is 22.6 Å². The Balaban J connectivity index is 0.000000114. The number of hydrogen-bond donors (Lipinski definition) is 4. The number of nitrogens with one attached hydrogen (secondary N) is 2. The number of imidazole rings is 2. The Kier molecular flexibility index (Phi) is 7.62. The summed E-state index contributed by atoms with van der Waals surface area (Å²) in [5.74, 6) is 2.30. The lowest BCUT2D eigenvalue weighted by Crippen LogP contribution is -1.94. The van der Waals surface area contributed by atoms with Crippen molar-refractivity contribution in [1.29, 1.82) is 0 Å². The van der Waals surface area contributed by atoms with Crippen LogP contribution >= 0.6 is 11.6 Å². The summed E-state index contributed by atoms with van der Waals surface area (Å²) < 4.78 is 0. The highest BCUT2D eigenvalue weighted by atomic mass is 35.5. The zero-order chi connectivity index (χ0) is 29.1. The van der Waals surface area contributed by atoms with Crippen LogP contribution in [0, 0.1) is 0 Å². The fourth-order valence-electron chi connectivity index (χ4n) is 5.13. The third-order valence-corrected chi connectivity index (χ3v) is 7.57. The topological polar surface area (TPSA) is 109 Å². The highest BCUT2D eigenvalue weighted by Gasteiger charge is 2.06. The molecule has 0 aliphatic rings. The van der Waals surface area contributed by atoms with E-state index in [0.29, 0.717) is 17.3 Å². The zero-order valence-electron chi connectivity index (χ0n) is 23.2. The summed E-state index contributed by atoms with van der Waals surface area (Å²) in [5.41, 5.74) is 17.0. The lowest BCUT2D eigenvalue weighted by Gasteiger charge is -2.03. The molecule has 42 heavy (non-hydrogen) atoms. The van der Waals surface area contributed by atoms with Crippen LogP contribution < -0.4 is 11.5 Å². The lowest BCUT2D eigenvalue weighted by atomic mass is 10.1. The smallest absolute Gasteiger partial charge is 0.122 e. The predicted molar refractivity (Wildman–Crippen MR) is 179 cm³/mol. The first-order valence-electron chi connectivity index (χ1n) is 13.9. The van der Waals surface area contributed by atoms with Crippen LogP contribution in [0.5, 0.6) is 0 Å². The number of aromatic amines is 2. The summed E-state index contributed by atoms with van der Waals surface area (Å²) in [6.07, 6.45) is 0.947. The summed E-state index contributed by atoms with van der Waals surface area (Å²) in [6, 6.07) is 36.7. The van der Waals surface area contributed by atoms with Gasteiger partial charge in [-0.15, -0.1) is 11.6 Å². The Bertz CT molecular complexity index is 2050. The van der Waals surface area contributed by atoms with Crippen molar-refractivity contribution in [3.63, 3.8) is 0 Å². The molecule has 8 rings (SSSR count). The van der Waals surface area contributed by atoms with Crippen LogP contribution in [0.15, 0.2) is 109 Å². The van der Waals surface area contributed by atoms with Crippen LogP contribution in [0.4, 0.5) is 11.4 Å². The minimum absolute atomic E-state index is 0.420. The third kappa shape index (κ3) is 5.32. The zero-order valence-corrected chi connectivity index (χ0v) is 24.0. The molecule has 0 saturated carbocycles. The second-order valence-electron chi connectivity index (χ2n) is 10.0. The van der Waals surface area contributed by atoms with Crippen molar-refractivity contribution in [2.24, 2.45) is 0 Å². The molecule has 0 radical (unpaired) electrons. The van der Waals surface area contributed by atoms with E-state index in [2.05, 4.69) is 81.5 Å². The van der Waals surface area contributed by atoms with Gasteiger partial charge in [-0.2, -0.15) is 0 Å². The number of anilines is 2. The van der Waals surface area contributed by atoms with Crippen LogP contribution in [0.25, 0.3) is 54.4 Å². The maximum atomic E-state index is 5.79. The maximum absolute atomic E-state index is 5.79. The van der Waals surface area contributed by atoms with Crippen molar-refractivity contribution in [2.75, 3.05) is 11.5 Å². The van der Waals surface area contributed by atoms with Gasteiger partial charge in [-0.3, -0.25) is 0 Å². The van der Waals surface area contributed by atoms with Gasteiger partial charge < -0.3 is 21.4 Å². The van der Waals surface area contributed by atoms with Crippen LogP contribution in [0.3, 0.4) is 0 Å². The summed E-state index contributed by atoms with van der Waals surface area (Å²) in [7, 11) is 0. The molecule has 0 aliphatic heterocycles. The molecule has 0 atom stereocenters. The highest BCUT2D eigenvalue weighted by Crippen LogP contribution is 2.26. The standard InChI is InChI=1S/C13H12N2.C12H9ClN2.C10H10N2/c1-2-12-14-11-8-7-9-5-3-4-6-10(9)13(11)15-12;13-7-11-14-10-6-5-8-3-1-2-4-9(8)12(10)15-11;11-9-6-5-7-3-1-2-4-8(7)10(9)12/h3-8H,2H2,1H3,(H,14,15);1-6H,7H2,(H,14,15);1-6H,11-12H2. The summed E-state index contributed by atoms with van der Waals surface area (Å²) in [6.45, 7) is 2.11. The van der Waals surface area contributed by atoms with E-state index >= 15 is 0 Å². The van der Waals surface area contributed by atoms with E-state index in [9.17, 15) is 0 Å². The van der Waals surface area contributed by atoms with Crippen molar-refractivity contribution in [2.45, 2.75) is 19.2 Å². The van der Waals surface area contributed by atoms with Gasteiger partial charge in [0.1, 0.15) is 11.6 Å². The molecule has 6 aromatic carbocycles. The average molecular weight is 571 g/mol. The lowest BCUT2D eigenvalue weighted by molar-refractivity contribution is 1.00. The first kappa shape index (κ1) is 27.1. The number of benzene rings is 6. The Morgan fingerprint density at radius 1 is 0.571 bits per heavy atom. The molecule has 0 aliphatic carbocycles. The molecule has 2 aromatic heterocycles. The maximum Gasteiger partial charge on any atom is 0.122 e. The van der Waals surface area contributed by atoms with Crippen molar-refractivity contribution in [3.8, 4) is 0 Å². The van der Waals surface area contributed by atoms with Gasteiger partial charge in [0.15, 0.2) is 0 Å². The first-order chi connectivity index (χ1) is 20.6. The molecule has 0 spiro atoms. The fraction of sp³-hybridized carbons (Fsp3) is 0.0857. The Hall–Kier alpha value is -5.07. The number of rotatable bonds is 2. The van der Waals surface area contributed by atoms with Gasteiger partial charge >= 0.3 is 0 Å². The number of fused-ring (bicyclic) bond motifs is 7. The number of aromatic nitrogens is 4. The molecule has 0 saturated heterocycles. The van der Waals surface area contributed by atoms with E-state index < -0.39 is 0 Å². The van der Waals surface area contributed by atoms with Gasteiger partial charge in [0.05, 0.1) is 39.3 Å². The molecule has 8 aromatic rings. The van der Waals surface area contributed by atoms with Gasteiger partial charge in [-0.05, 0) is 34.4 Å². The van der Waals surface area contributed by atoms with Crippen molar-refractivity contribution in [1.82, 2.24) is 19.9 Å². The minimum Gasteiger partial charge on any atom is -0.397 e.